The average Bonchev–Trinajstić information content (AvgIpc) is 2.95. The van der Waals surface area contributed by atoms with E-state index in [1.54, 1.807) is 6.08 Å². The zero-order valence-corrected chi connectivity index (χ0v) is 20.8. The number of halogens is 1. The van der Waals surface area contributed by atoms with E-state index >= 15 is 4.39 Å². The second-order valence-corrected chi connectivity index (χ2v) is 10.4. The molecular weight excluding hydrogens is 437 g/mol. The summed E-state index contributed by atoms with van der Waals surface area (Å²) < 4.78 is 21.2. The quantitative estimate of drug-likeness (QED) is 0.563. The summed E-state index contributed by atoms with van der Waals surface area (Å²) in [5, 5.41) is 6.08. The number of allylic oxidation sites excluding steroid dienone is 7. The minimum Gasteiger partial charge on any atom is -0.361 e. The Bertz CT molecular complexity index is 1400. The van der Waals surface area contributed by atoms with Gasteiger partial charge in [0.05, 0.1) is 5.69 Å². The molecular formula is C31H32FNO2. The molecule has 0 saturated heterocycles. The lowest BCUT2D eigenvalue weighted by molar-refractivity contribution is -0.115. The Morgan fingerprint density at radius 1 is 1.14 bits per heavy atom. The standard InChI is InChI=1S/C31H32FNO2/c1-20-14-24(10-11-27(34)15-20)29-17-23(19-31(32)12-5-4-6-13-31)16-26-18-25(8-7-9-28(26)29)30-21(2)33-35-22(30)3/h7-8,10-11,14,16-18,20H,4-6,12-13,15,19H2,1-3H3. The van der Waals surface area contributed by atoms with Gasteiger partial charge in [0, 0.05) is 23.6 Å². The summed E-state index contributed by atoms with van der Waals surface area (Å²) in [5.74, 6) is 1.03. The number of fused-ring (bicyclic) bond motifs is 1. The monoisotopic (exact) mass is 469 g/mol. The van der Waals surface area contributed by atoms with Crippen molar-refractivity contribution in [2.45, 2.75) is 71.4 Å². The van der Waals surface area contributed by atoms with Gasteiger partial charge in [-0.2, -0.15) is 0 Å². The lowest BCUT2D eigenvalue weighted by Gasteiger charge is -2.29. The van der Waals surface area contributed by atoms with E-state index in [9.17, 15) is 4.79 Å². The summed E-state index contributed by atoms with van der Waals surface area (Å²) in [6, 6.07) is 4.23. The van der Waals surface area contributed by atoms with Crippen LogP contribution in [0, 0.1) is 19.8 Å². The van der Waals surface area contributed by atoms with Crippen molar-refractivity contribution in [1.82, 2.24) is 5.16 Å². The zero-order valence-electron chi connectivity index (χ0n) is 20.8. The first-order chi connectivity index (χ1) is 16.8. The Balaban J connectivity index is 1.70. The summed E-state index contributed by atoms with van der Waals surface area (Å²) >= 11 is 0. The van der Waals surface area contributed by atoms with Crippen molar-refractivity contribution in [2.75, 3.05) is 0 Å². The molecule has 2 aromatic rings. The van der Waals surface area contributed by atoms with Crippen molar-refractivity contribution < 1.29 is 13.7 Å². The van der Waals surface area contributed by atoms with Crippen molar-refractivity contribution >= 4 is 28.7 Å². The van der Waals surface area contributed by atoms with Crippen LogP contribution in [0.1, 0.15) is 73.6 Å². The van der Waals surface area contributed by atoms with Crippen molar-refractivity contribution in [1.29, 1.82) is 0 Å². The molecule has 35 heavy (non-hydrogen) atoms. The third-order valence-corrected chi connectivity index (χ3v) is 7.37. The number of aromatic nitrogens is 1. The average molecular weight is 470 g/mol. The third-order valence-electron chi connectivity index (χ3n) is 7.37. The Kier molecular flexibility index (Phi) is 6.34. The van der Waals surface area contributed by atoms with Gasteiger partial charge in [0.15, 0.2) is 5.78 Å². The van der Waals surface area contributed by atoms with Crippen LogP contribution in [0.5, 0.6) is 0 Å². The van der Waals surface area contributed by atoms with Gasteiger partial charge in [-0.3, -0.25) is 4.79 Å². The molecule has 1 unspecified atom stereocenters. The van der Waals surface area contributed by atoms with Gasteiger partial charge < -0.3 is 4.52 Å². The fraction of sp³-hybridized carbons (Fsp3) is 0.387. The summed E-state index contributed by atoms with van der Waals surface area (Å²) in [4.78, 5) is 12.2. The fourth-order valence-electron chi connectivity index (χ4n) is 5.71. The molecule has 0 N–H and O–H groups in total. The number of nitrogens with zero attached hydrogens (tertiary/aromatic N) is 1. The fourth-order valence-corrected chi connectivity index (χ4v) is 5.71. The van der Waals surface area contributed by atoms with Crippen LogP contribution in [-0.4, -0.2) is 16.6 Å². The topological polar surface area (TPSA) is 43.1 Å². The molecule has 3 aliphatic rings. The van der Waals surface area contributed by atoms with Crippen LogP contribution in [0.4, 0.5) is 4.39 Å². The molecule has 0 spiro atoms. The molecule has 1 fully saturated rings. The lowest BCUT2D eigenvalue weighted by atomic mass is 9.81. The molecule has 0 amide bonds. The van der Waals surface area contributed by atoms with Crippen LogP contribution >= 0.6 is 0 Å². The van der Waals surface area contributed by atoms with Gasteiger partial charge in [0.25, 0.3) is 0 Å². The highest BCUT2D eigenvalue weighted by Gasteiger charge is 2.32. The van der Waals surface area contributed by atoms with Gasteiger partial charge in [-0.25, -0.2) is 4.39 Å². The lowest BCUT2D eigenvalue weighted by Crippen LogP contribution is -2.32. The van der Waals surface area contributed by atoms with Crippen LogP contribution in [0.25, 0.3) is 23.0 Å². The number of hydrogen-bond donors (Lipinski definition) is 0. The van der Waals surface area contributed by atoms with Crippen molar-refractivity contribution in [2.24, 2.45) is 5.92 Å². The largest absolute Gasteiger partial charge is 0.361 e. The molecule has 1 heterocycles. The van der Waals surface area contributed by atoms with Crippen LogP contribution < -0.4 is 10.4 Å². The van der Waals surface area contributed by atoms with Crippen LogP contribution in [0.15, 0.2) is 47.0 Å². The number of rotatable bonds is 4. The second kappa shape index (κ2) is 9.43. The number of ketones is 1. The first-order valence-corrected chi connectivity index (χ1v) is 12.7. The number of hydrogen-bond acceptors (Lipinski definition) is 3. The zero-order chi connectivity index (χ0) is 24.6. The molecule has 4 heteroatoms. The van der Waals surface area contributed by atoms with E-state index in [1.165, 1.54) is 0 Å². The predicted molar refractivity (Wildman–Crippen MR) is 139 cm³/mol. The van der Waals surface area contributed by atoms with Crippen molar-refractivity contribution in [3.8, 4) is 0 Å². The number of benzene rings is 1. The van der Waals surface area contributed by atoms with Gasteiger partial charge >= 0.3 is 0 Å². The minimum absolute atomic E-state index is 0.129. The molecule has 0 aliphatic heterocycles. The Morgan fingerprint density at radius 3 is 2.69 bits per heavy atom. The first-order valence-electron chi connectivity index (χ1n) is 12.7. The maximum atomic E-state index is 15.8. The molecule has 5 rings (SSSR count). The van der Waals surface area contributed by atoms with Gasteiger partial charge in [0.1, 0.15) is 11.4 Å². The molecule has 0 radical (unpaired) electrons. The molecule has 180 valence electrons. The van der Waals surface area contributed by atoms with E-state index in [2.05, 4.69) is 42.1 Å². The van der Waals surface area contributed by atoms with Crippen LogP contribution in [-0.2, 0) is 11.2 Å². The third kappa shape index (κ3) is 4.94. The number of alkyl halides is 1. The smallest absolute Gasteiger partial charge is 0.156 e. The van der Waals surface area contributed by atoms with Crippen molar-refractivity contribution in [3.05, 3.63) is 81.1 Å². The van der Waals surface area contributed by atoms with E-state index in [-0.39, 0.29) is 11.7 Å². The van der Waals surface area contributed by atoms with Crippen LogP contribution in [0.2, 0.25) is 0 Å². The van der Waals surface area contributed by atoms with E-state index in [0.717, 1.165) is 69.0 Å². The van der Waals surface area contributed by atoms with E-state index in [0.29, 0.717) is 25.7 Å². The highest BCUT2D eigenvalue weighted by Crippen LogP contribution is 2.35. The summed E-state index contributed by atoms with van der Waals surface area (Å²) in [6.45, 7) is 5.92. The highest BCUT2D eigenvalue weighted by atomic mass is 19.1. The number of carbonyl (C=O) groups excluding carboxylic acids is 1. The van der Waals surface area contributed by atoms with Crippen LogP contribution in [0.3, 0.4) is 0 Å². The Labute approximate surface area is 206 Å². The van der Waals surface area contributed by atoms with E-state index < -0.39 is 5.67 Å². The molecule has 0 bridgehead atoms. The van der Waals surface area contributed by atoms with Gasteiger partial charge in [0.2, 0.25) is 0 Å². The normalized spacial score (nSPS) is 21.3. The first kappa shape index (κ1) is 23.5. The molecule has 3 nitrogen and oxygen atoms in total. The van der Waals surface area contributed by atoms with E-state index in [4.69, 9.17) is 4.52 Å². The predicted octanol–water partition coefficient (Wildman–Crippen LogP) is 5.87. The van der Waals surface area contributed by atoms with Gasteiger partial charge in [-0.1, -0.05) is 49.6 Å². The van der Waals surface area contributed by atoms with Gasteiger partial charge in [-0.05, 0) is 90.5 Å². The molecule has 1 aromatic heterocycles. The summed E-state index contributed by atoms with van der Waals surface area (Å²) in [7, 11) is 0. The Morgan fingerprint density at radius 2 is 1.94 bits per heavy atom. The van der Waals surface area contributed by atoms with Crippen molar-refractivity contribution in [3.63, 3.8) is 0 Å². The van der Waals surface area contributed by atoms with Gasteiger partial charge in [-0.15, -0.1) is 5.73 Å². The maximum Gasteiger partial charge on any atom is 0.156 e. The minimum atomic E-state index is -1.16. The molecule has 1 aromatic carbocycles. The summed E-state index contributed by atoms with van der Waals surface area (Å²) in [5.41, 5.74) is 8.10. The second-order valence-electron chi connectivity index (χ2n) is 10.4. The molecule has 1 atom stereocenters. The Hall–Kier alpha value is -3.23. The summed E-state index contributed by atoms with van der Waals surface area (Å²) in [6.07, 6.45) is 17.0. The number of aryl methyl sites for hydroxylation is 2. The SMILES string of the molecule is Cc1noc(C)c1C1=CC=C=c2c(C3=CC(C)CC(=O)C=C3)cc(CC3(F)CCCCC3)cc2=C1. The van der Waals surface area contributed by atoms with E-state index in [1.807, 2.05) is 32.1 Å². The number of carbonyl (C=O) groups is 1. The molecule has 3 aliphatic carbocycles. The highest BCUT2D eigenvalue weighted by molar-refractivity contribution is 5.95. The maximum absolute atomic E-state index is 15.8. The molecule has 1 saturated carbocycles.